The van der Waals surface area contributed by atoms with Crippen LogP contribution in [0.3, 0.4) is 0 Å². The number of carboxylic acids is 1. The molecule has 2 fully saturated rings. The first kappa shape index (κ1) is 21.4. The van der Waals surface area contributed by atoms with Crippen molar-refractivity contribution < 1.29 is 59.9 Å². The largest absolute Gasteiger partial charge is 0.478 e. The van der Waals surface area contributed by atoms with E-state index >= 15 is 0 Å². The lowest BCUT2D eigenvalue weighted by Crippen LogP contribution is -2.61. The molecular weight excluding hydrogens is 384 g/mol. The lowest BCUT2D eigenvalue weighted by molar-refractivity contribution is -0.347. The molecule has 28 heavy (non-hydrogen) atoms. The summed E-state index contributed by atoms with van der Waals surface area (Å²) in [7, 11) is 0. The van der Waals surface area contributed by atoms with E-state index in [1.165, 1.54) is 0 Å². The van der Waals surface area contributed by atoms with Gasteiger partial charge in [-0.15, -0.1) is 0 Å². The van der Waals surface area contributed by atoms with Crippen molar-refractivity contribution in [1.82, 2.24) is 0 Å². The molecule has 2 aliphatic heterocycles. The van der Waals surface area contributed by atoms with Crippen LogP contribution in [0.2, 0.25) is 0 Å². The summed E-state index contributed by atoms with van der Waals surface area (Å²) in [5, 5.41) is 78.9. The second-order valence-corrected chi connectivity index (χ2v) is 7.30. The van der Waals surface area contributed by atoms with Crippen LogP contribution in [0.25, 0.3) is 0 Å². The molecule has 3 aliphatic rings. The summed E-state index contributed by atoms with van der Waals surface area (Å²) in [6.07, 6.45) is -10.2. The monoisotopic (exact) mass is 408 g/mol. The Balaban J connectivity index is 1.88. The molecule has 1 saturated heterocycles. The predicted molar refractivity (Wildman–Crippen MR) is 85.1 cm³/mol. The van der Waals surface area contributed by atoms with Gasteiger partial charge in [-0.05, 0) is 0 Å². The maximum atomic E-state index is 11.5. The first-order chi connectivity index (χ1) is 13.1. The van der Waals surface area contributed by atoms with Gasteiger partial charge in [-0.3, -0.25) is 0 Å². The lowest BCUT2D eigenvalue weighted by Gasteiger charge is -2.44. The van der Waals surface area contributed by atoms with E-state index in [-0.39, 0.29) is 12.0 Å². The van der Waals surface area contributed by atoms with E-state index in [0.717, 1.165) is 6.26 Å². The molecule has 0 unspecified atom stereocenters. The Kier molecular flexibility index (Phi) is 5.96. The van der Waals surface area contributed by atoms with Crippen molar-refractivity contribution in [3.8, 4) is 0 Å². The maximum Gasteiger partial charge on any atom is 0.335 e. The summed E-state index contributed by atoms with van der Waals surface area (Å²) in [6.45, 7) is -1.51. The Morgan fingerprint density at radius 2 is 1.82 bits per heavy atom. The normalized spacial score (nSPS) is 48.5. The molecule has 0 aromatic carbocycles. The van der Waals surface area contributed by atoms with Crippen LogP contribution in [0.15, 0.2) is 11.8 Å². The number of rotatable bonds is 5. The van der Waals surface area contributed by atoms with Crippen molar-refractivity contribution in [3.05, 3.63) is 11.8 Å². The number of aliphatic hydroxyl groups is 7. The van der Waals surface area contributed by atoms with Crippen molar-refractivity contribution in [2.45, 2.75) is 55.1 Å². The maximum absolute atomic E-state index is 11.5. The highest BCUT2D eigenvalue weighted by Crippen LogP contribution is 2.49. The number of hydrogen-bond donors (Lipinski definition) is 8. The number of aliphatic hydroxyl groups excluding tert-OH is 6. The summed E-state index contributed by atoms with van der Waals surface area (Å²) in [5.74, 6) is -3.77. The van der Waals surface area contributed by atoms with Crippen LogP contribution in [0.4, 0.5) is 0 Å². The molecule has 160 valence electrons. The van der Waals surface area contributed by atoms with E-state index in [4.69, 9.17) is 14.2 Å². The van der Waals surface area contributed by atoms with Gasteiger partial charge in [-0.25, -0.2) is 4.79 Å². The van der Waals surface area contributed by atoms with E-state index in [2.05, 4.69) is 0 Å². The highest BCUT2D eigenvalue weighted by molar-refractivity contribution is 5.87. The quantitative estimate of drug-likeness (QED) is 0.218. The van der Waals surface area contributed by atoms with Crippen LogP contribution in [-0.4, -0.2) is 109 Å². The standard InChI is InChI=1S/C16H24O12/c17-2-7-10(20)11(21)12(22)15(27-7)28-14-9-8(5(3-26-14)13(23)24)6(19)1-16(9,25)4-18/h3,6-12,14-15,17-22,25H,1-2,4H2,(H,23,24)/t6-,7-,8+,9-,10+,11-,12+,14+,15+,16+/m1/s1. The lowest BCUT2D eigenvalue weighted by atomic mass is 9.80. The number of hydrogen-bond acceptors (Lipinski definition) is 11. The molecule has 12 heteroatoms. The predicted octanol–water partition coefficient (Wildman–Crippen LogP) is -4.15. The second kappa shape index (κ2) is 7.82. The molecule has 1 aliphatic carbocycles. The van der Waals surface area contributed by atoms with Gasteiger partial charge in [0.1, 0.15) is 24.4 Å². The van der Waals surface area contributed by atoms with Crippen LogP contribution in [0.5, 0.6) is 0 Å². The van der Waals surface area contributed by atoms with Gasteiger partial charge in [0, 0.05) is 12.3 Å². The van der Waals surface area contributed by atoms with Crippen LogP contribution in [0.1, 0.15) is 6.42 Å². The minimum Gasteiger partial charge on any atom is -0.478 e. The van der Waals surface area contributed by atoms with E-state index in [9.17, 15) is 45.6 Å². The third-order valence-electron chi connectivity index (χ3n) is 5.60. The van der Waals surface area contributed by atoms with Crippen LogP contribution >= 0.6 is 0 Å². The van der Waals surface area contributed by atoms with Gasteiger partial charge in [0.15, 0.2) is 6.29 Å². The topological polar surface area (TPSA) is 207 Å². The average Bonchev–Trinajstić information content (AvgIpc) is 2.94. The fraction of sp³-hybridized carbons (Fsp3) is 0.812. The fourth-order valence-corrected chi connectivity index (χ4v) is 4.12. The number of fused-ring (bicyclic) bond motifs is 1. The average molecular weight is 408 g/mol. The molecule has 10 atom stereocenters. The minimum atomic E-state index is -1.95. The van der Waals surface area contributed by atoms with Crippen LogP contribution in [-0.2, 0) is 19.0 Å². The first-order valence-electron chi connectivity index (χ1n) is 8.70. The zero-order valence-corrected chi connectivity index (χ0v) is 14.6. The van der Waals surface area contributed by atoms with Gasteiger partial charge in [-0.2, -0.15) is 0 Å². The zero-order chi connectivity index (χ0) is 20.8. The van der Waals surface area contributed by atoms with Crippen molar-refractivity contribution in [1.29, 1.82) is 0 Å². The van der Waals surface area contributed by atoms with Gasteiger partial charge in [0.05, 0.1) is 42.7 Å². The molecule has 0 radical (unpaired) electrons. The van der Waals surface area contributed by atoms with E-state index in [1.807, 2.05) is 0 Å². The molecule has 0 amide bonds. The van der Waals surface area contributed by atoms with Gasteiger partial charge in [-0.1, -0.05) is 0 Å². The smallest absolute Gasteiger partial charge is 0.335 e. The van der Waals surface area contributed by atoms with Gasteiger partial charge in [0.25, 0.3) is 0 Å². The van der Waals surface area contributed by atoms with Crippen LogP contribution in [0, 0.1) is 11.8 Å². The van der Waals surface area contributed by atoms with E-state index < -0.39 is 79.7 Å². The van der Waals surface area contributed by atoms with Crippen molar-refractivity contribution >= 4 is 5.97 Å². The minimum absolute atomic E-state index is 0.324. The summed E-state index contributed by atoms with van der Waals surface area (Å²) in [4.78, 5) is 11.5. The van der Waals surface area contributed by atoms with Crippen LogP contribution < -0.4 is 0 Å². The summed E-state index contributed by atoms with van der Waals surface area (Å²) in [6, 6.07) is 0. The Hall–Kier alpha value is -1.35. The Bertz CT molecular complexity index is 623. The Labute approximate surface area is 158 Å². The summed E-state index contributed by atoms with van der Waals surface area (Å²) < 4.78 is 16.0. The van der Waals surface area contributed by atoms with Gasteiger partial charge < -0.3 is 55.1 Å². The second-order valence-electron chi connectivity index (χ2n) is 7.30. The summed E-state index contributed by atoms with van der Waals surface area (Å²) in [5.41, 5.74) is -2.27. The molecule has 0 spiro atoms. The zero-order valence-electron chi connectivity index (χ0n) is 14.6. The van der Waals surface area contributed by atoms with Crippen molar-refractivity contribution in [3.63, 3.8) is 0 Å². The molecule has 0 bridgehead atoms. The SMILES string of the molecule is O=C(O)C1=CO[C@@H](O[C@@H]2O[C@H](CO)[C@H](O)[C@@H](O)[C@@H]2O)[C@H]2[C@@H]1[C@H](O)C[C@]2(O)CO. The molecule has 1 saturated carbocycles. The molecule has 0 aromatic rings. The highest BCUT2D eigenvalue weighted by Gasteiger charge is 2.61. The molecule has 2 heterocycles. The van der Waals surface area contributed by atoms with Gasteiger partial charge in [0.2, 0.25) is 6.29 Å². The Morgan fingerprint density at radius 3 is 2.39 bits per heavy atom. The number of carbonyl (C=O) groups is 1. The third-order valence-corrected chi connectivity index (χ3v) is 5.60. The molecule has 8 N–H and O–H groups in total. The third kappa shape index (κ3) is 3.40. The molecule has 0 aromatic heterocycles. The van der Waals surface area contributed by atoms with Gasteiger partial charge >= 0.3 is 5.97 Å². The van der Waals surface area contributed by atoms with E-state index in [1.54, 1.807) is 0 Å². The fourth-order valence-electron chi connectivity index (χ4n) is 4.12. The molecule has 3 rings (SSSR count). The first-order valence-corrected chi connectivity index (χ1v) is 8.70. The number of ether oxygens (including phenoxy) is 3. The number of aliphatic carboxylic acids is 1. The highest BCUT2D eigenvalue weighted by atomic mass is 16.8. The van der Waals surface area contributed by atoms with Crippen molar-refractivity contribution in [2.24, 2.45) is 11.8 Å². The number of carboxylic acid groups (broad SMARTS) is 1. The Morgan fingerprint density at radius 1 is 1.14 bits per heavy atom. The molecular formula is C16H24O12. The van der Waals surface area contributed by atoms with E-state index in [0.29, 0.717) is 0 Å². The van der Waals surface area contributed by atoms with Crippen molar-refractivity contribution in [2.75, 3.05) is 13.2 Å². The molecule has 12 nitrogen and oxygen atoms in total. The summed E-state index contributed by atoms with van der Waals surface area (Å²) >= 11 is 0.